The number of benzene rings is 1. The van der Waals surface area contributed by atoms with Crippen molar-refractivity contribution < 1.29 is 4.74 Å². The maximum absolute atomic E-state index is 13.2. The molecule has 3 fully saturated rings. The van der Waals surface area contributed by atoms with E-state index in [0.29, 0.717) is 22.8 Å². The summed E-state index contributed by atoms with van der Waals surface area (Å²) in [4.78, 5) is 24.9. The van der Waals surface area contributed by atoms with Crippen LogP contribution in [0.2, 0.25) is 0 Å². The van der Waals surface area contributed by atoms with Crippen molar-refractivity contribution in [3.05, 3.63) is 63.6 Å². The van der Waals surface area contributed by atoms with E-state index < -0.39 is 0 Å². The third-order valence-electron chi connectivity index (χ3n) is 9.91. The normalized spacial score (nSPS) is 21.1. The van der Waals surface area contributed by atoms with Crippen LogP contribution in [0.25, 0.3) is 11.0 Å². The van der Waals surface area contributed by atoms with Crippen LogP contribution in [-0.2, 0) is 18.3 Å². The van der Waals surface area contributed by atoms with E-state index in [0.717, 1.165) is 71.0 Å². The third kappa shape index (κ3) is 5.98. The number of anilines is 2. The molecule has 2 aromatic heterocycles. The fraction of sp³-hybridized carbons (Fsp3) is 0.529. The number of ether oxygens (including phenoxy) is 1. The van der Waals surface area contributed by atoms with Crippen molar-refractivity contribution in [2.75, 3.05) is 49.7 Å². The fourth-order valence-electron chi connectivity index (χ4n) is 7.07. The molecule has 0 unspecified atom stereocenters. The molecule has 0 radical (unpaired) electrons. The lowest BCUT2D eigenvalue weighted by atomic mass is 9.83. The van der Waals surface area contributed by atoms with E-state index >= 15 is 0 Å². The Morgan fingerprint density at radius 2 is 1.65 bits per heavy atom. The van der Waals surface area contributed by atoms with Gasteiger partial charge in [0.2, 0.25) is 0 Å². The smallest absolute Gasteiger partial charge is 0.270 e. The monoisotopic (exact) mass is 579 g/mol. The molecule has 1 aromatic carbocycles. The standard InChI is InChI=1S/C34H41N7O2/c1-38(33-30(21-36)34(42)39(2)31-15-8-26(20-35)37-32(31)33)27-11-13-29(14-12-27)41(23-24-4-3-5-24)28-9-6-25(7-10-28)22-40-16-18-43-19-17-40/h6-10,15,24,27,29H,3-5,11-14,16-19,22-23H2,1-2H3. The van der Waals surface area contributed by atoms with Gasteiger partial charge in [0, 0.05) is 58.0 Å². The number of aryl methyl sites for hydroxylation is 1. The van der Waals surface area contributed by atoms with E-state index in [1.807, 2.05) is 7.05 Å². The molecule has 1 saturated heterocycles. The van der Waals surface area contributed by atoms with Gasteiger partial charge in [0.15, 0.2) is 0 Å². The van der Waals surface area contributed by atoms with E-state index in [1.165, 1.54) is 35.1 Å². The van der Waals surface area contributed by atoms with Crippen molar-refractivity contribution in [1.82, 2.24) is 14.5 Å². The van der Waals surface area contributed by atoms with Gasteiger partial charge in [-0.1, -0.05) is 18.6 Å². The summed E-state index contributed by atoms with van der Waals surface area (Å²) in [6.07, 6.45) is 7.95. The molecule has 0 N–H and O–H groups in total. The molecule has 2 aliphatic carbocycles. The fourth-order valence-corrected chi connectivity index (χ4v) is 7.07. The Morgan fingerprint density at radius 1 is 0.953 bits per heavy atom. The minimum atomic E-state index is -0.333. The Morgan fingerprint density at radius 3 is 2.28 bits per heavy atom. The second-order valence-corrected chi connectivity index (χ2v) is 12.5. The highest BCUT2D eigenvalue weighted by Crippen LogP contribution is 2.37. The third-order valence-corrected chi connectivity index (χ3v) is 9.91. The molecule has 0 spiro atoms. The van der Waals surface area contributed by atoms with Crippen LogP contribution in [0.4, 0.5) is 11.4 Å². The minimum absolute atomic E-state index is 0.0889. The molecule has 1 aliphatic heterocycles. The molecule has 0 atom stereocenters. The summed E-state index contributed by atoms with van der Waals surface area (Å²) >= 11 is 0. The summed E-state index contributed by atoms with van der Waals surface area (Å²) in [5, 5.41) is 19.5. The Labute approximate surface area is 253 Å². The number of fused-ring (bicyclic) bond motifs is 1. The number of nitrogens with zero attached hydrogens (tertiary/aromatic N) is 7. The number of rotatable bonds is 8. The van der Waals surface area contributed by atoms with E-state index in [9.17, 15) is 15.3 Å². The number of nitriles is 2. The lowest BCUT2D eigenvalue weighted by Crippen LogP contribution is -2.46. The maximum atomic E-state index is 13.2. The van der Waals surface area contributed by atoms with Gasteiger partial charge >= 0.3 is 0 Å². The molecule has 43 heavy (non-hydrogen) atoms. The number of aromatic nitrogens is 2. The highest BCUT2D eigenvalue weighted by atomic mass is 16.5. The van der Waals surface area contributed by atoms with Crippen LogP contribution in [0.1, 0.15) is 61.8 Å². The molecule has 9 nitrogen and oxygen atoms in total. The van der Waals surface area contributed by atoms with Gasteiger partial charge in [-0.2, -0.15) is 10.5 Å². The lowest BCUT2D eigenvalue weighted by Gasteiger charge is -2.44. The van der Waals surface area contributed by atoms with Crippen molar-refractivity contribution in [2.24, 2.45) is 13.0 Å². The molecule has 224 valence electrons. The van der Waals surface area contributed by atoms with Crippen LogP contribution >= 0.6 is 0 Å². The molecular weight excluding hydrogens is 538 g/mol. The second-order valence-electron chi connectivity index (χ2n) is 12.5. The summed E-state index contributed by atoms with van der Waals surface area (Å²) in [6.45, 7) is 5.69. The first kappa shape index (κ1) is 29.2. The van der Waals surface area contributed by atoms with E-state index in [1.54, 1.807) is 19.2 Å². The van der Waals surface area contributed by atoms with Crippen molar-refractivity contribution in [1.29, 1.82) is 10.5 Å². The molecule has 9 heteroatoms. The Bertz CT molecular complexity index is 1580. The predicted molar refractivity (Wildman–Crippen MR) is 168 cm³/mol. The van der Waals surface area contributed by atoms with Crippen molar-refractivity contribution in [3.8, 4) is 12.1 Å². The number of morpholine rings is 1. The van der Waals surface area contributed by atoms with Crippen LogP contribution < -0.4 is 15.4 Å². The summed E-state index contributed by atoms with van der Waals surface area (Å²) in [5.74, 6) is 0.763. The lowest BCUT2D eigenvalue weighted by molar-refractivity contribution is 0.0342. The topological polar surface area (TPSA) is 101 Å². The largest absolute Gasteiger partial charge is 0.379 e. The van der Waals surface area contributed by atoms with E-state index in [4.69, 9.17) is 4.74 Å². The average molecular weight is 580 g/mol. The first-order chi connectivity index (χ1) is 21.0. The molecule has 2 saturated carbocycles. The Hall–Kier alpha value is -3.92. The minimum Gasteiger partial charge on any atom is -0.379 e. The second kappa shape index (κ2) is 12.8. The molecule has 3 heterocycles. The van der Waals surface area contributed by atoms with Gasteiger partial charge in [-0.05, 0) is 74.3 Å². The Kier molecular flexibility index (Phi) is 8.65. The highest BCUT2D eigenvalue weighted by Gasteiger charge is 2.32. The van der Waals surface area contributed by atoms with Crippen molar-refractivity contribution in [2.45, 2.75) is 63.6 Å². The van der Waals surface area contributed by atoms with Gasteiger partial charge in [0.1, 0.15) is 28.9 Å². The summed E-state index contributed by atoms with van der Waals surface area (Å²) in [5.41, 5.74) is 4.40. The van der Waals surface area contributed by atoms with Gasteiger partial charge in [-0.25, -0.2) is 4.98 Å². The van der Waals surface area contributed by atoms with Crippen LogP contribution in [0.15, 0.2) is 41.2 Å². The quantitative estimate of drug-likeness (QED) is 0.383. The van der Waals surface area contributed by atoms with Crippen molar-refractivity contribution >= 4 is 22.4 Å². The first-order valence-electron chi connectivity index (χ1n) is 15.7. The zero-order valence-corrected chi connectivity index (χ0v) is 25.3. The van der Waals surface area contributed by atoms with Crippen LogP contribution in [-0.4, -0.2) is 66.4 Å². The molecule has 6 rings (SSSR count). The summed E-state index contributed by atoms with van der Waals surface area (Å²) in [7, 11) is 3.63. The zero-order chi connectivity index (χ0) is 29.9. The van der Waals surface area contributed by atoms with Crippen molar-refractivity contribution in [3.63, 3.8) is 0 Å². The summed E-state index contributed by atoms with van der Waals surface area (Å²) in [6, 6.07) is 17.5. The molecule has 0 amide bonds. The Balaban J connectivity index is 1.20. The van der Waals surface area contributed by atoms with E-state index in [-0.39, 0.29) is 22.9 Å². The molecule has 0 bridgehead atoms. The summed E-state index contributed by atoms with van der Waals surface area (Å²) < 4.78 is 6.97. The molecular formula is C34H41N7O2. The molecule has 3 aromatic rings. The SMILES string of the molecule is CN(c1c(C#N)c(=O)n(C)c2ccc(C#N)nc12)C1CCC(N(CC2CCC2)c2ccc(CN3CCOCC3)cc2)CC1. The maximum Gasteiger partial charge on any atom is 0.270 e. The zero-order valence-electron chi connectivity index (χ0n) is 25.3. The predicted octanol–water partition coefficient (Wildman–Crippen LogP) is 4.56. The van der Waals surface area contributed by atoms with Gasteiger partial charge in [0.05, 0.1) is 24.4 Å². The van der Waals surface area contributed by atoms with Crippen LogP contribution in [0.3, 0.4) is 0 Å². The van der Waals surface area contributed by atoms with Crippen LogP contribution in [0.5, 0.6) is 0 Å². The van der Waals surface area contributed by atoms with Gasteiger partial charge in [-0.3, -0.25) is 9.69 Å². The van der Waals surface area contributed by atoms with Gasteiger partial charge in [0.25, 0.3) is 5.56 Å². The number of hydrogen-bond donors (Lipinski definition) is 0. The van der Waals surface area contributed by atoms with E-state index in [2.05, 4.69) is 56.1 Å². The van der Waals surface area contributed by atoms with Crippen LogP contribution in [0, 0.1) is 28.6 Å². The van der Waals surface area contributed by atoms with Gasteiger partial charge < -0.3 is 19.1 Å². The highest BCUT2D eigenvalue weighted by molar-refractivity contribution is 5.92. The number of hydrogen-bond acceptors (Lipinski definition) is 8. The number of pyridine rings is 2. The van der Waals surface area contributed by atoms with Gasteiger partial charge in [-0.15, -0.1) is 0 Å². The average Bonchev–Trinajstić information content (AvgIpc) is 3.03. The molecule has 3 aliphatic rings. The first-order valence-corrected chi connectivity index (χ1v) is 15.7.